The van der Waals surface area contributed by atoms with Crippen LogP contribution in [0.3, 0.4) is 0 Å². The van der Waals surface area contributed by atoms with Crippen LogP contribution in [0, 0.1) is 5.95 Å². The first-order chi connectivity index (χ1) is 16.4. The topological polar surface area (TPSA) is 112 Å². The number of nitrogens with one attached hydrogen (secondary N) is 3. The number of carbonyl (C=O) groups excluding carboxylic acids is 1. The van der Waals surface area contributed by atoms with Crippen molar-refractivity contribution in [2.45, 2.75) is 57.7 Å². The minimum Gasteiger partial charge on any atom is -0.329 e. The summed E-state index contributed by atoms with van der Waals surface area (Å²) in [5.41, 5.74) is 2.77. The first kappa shape index (κ1) is 22.2. The molecule has 1 fully saturated rings. The minimum absolute atomic E-state index is 0.212. The zero-order chi connectivity index (χ0) is 23.8. The molecule has 1 amide bonds. The van der Waals surface area contributed by atoms with E-state index in [4.69, 9.17) is 4.98 Å². The summed E-state index contributed by atoms with van der Waals surface area (Å²) in [4.78, 5) is 27.7. The monoisotopic (exact) mass is 468 g/mol. The van der Waals surface area contributed by atoms with E-state index >= 15 is 0 Å². The molecule has 0 bridgehead atoms. The van der Waals surface area contributed by atoms with Crippen molar-refractivity contribution in [3.05, 3.63) is 47.3 Å². The lowest BCUT2D eigenvalue weighted by molar-refractivity contribution is -0.117. The molecule has 1 aliphatic heterocycles. The Morgan fingerprint density at radius 1 is 1.26 bits per heavy atom. The van der Waals surface area contributed by atoms with E-state index in [9.17, 15) is 13.6 Å². The maximum atomic E-state index is 14.3. The summed E-state index contributed by atoms with van der Waals surface area (Å²) in [6, 6.07) is 4.06. The van der Waals surface area contributed by atoms with Gasteiger partial charge < -0.3 is 15.5 Å². The third-order valence-corrected chi connectivity index (χ3v) is 6.19. The third kappa shape index (κ3) is 4.42. The predicted molar refractivity (Wildman–Crippen MR) is 123 cm³/mol. The molecule has 0 unspecified atom stereocenters. The van der Waals surface area contributed by atoms with Crippen molar-refractivity contribution in [2.24, 2.45) is 0 Å². The molecule has 34 heavy (non-hydrogen) atoms. The molecule has 3 aromatic heterocycles. The Morgan fingerprint density at radius 3 is 2.85 bits per heavy atom. The molecule has 0 aromatic carbocycles. The lowest BCUT2D eigenvalue weighted by Gasteiger charge is -2.25. The van der Waals surface area contributed by atoms with E-state index in [1.54, 1.807) is 0 Å². The van der Waals surface area contributed by atoms with Gasteiger partial charge in [0.1, 0.15) is 18.0 Å². The Bertz CT molecular complexity index is 1200. The van der Waals surface area contributed by atoms with E-state index in [0.29, 0.717) is 41.9 Å². The molecular weight excluding hydrogens is 442 g/mol. The summed E-state index contributed by atoms with van der Waals surface area (Å²) in [5, 5.41) is 13.3. The molecule has 0 saturated carbocycles. The normalized spacial score (nSPS) is 19.5. The van der Waals surface area contributed by atoms with Gasteiger partial charge in [0.05, 0.1) is 17.6 Å². The molecule has 2 aliphatic rings. The number of nitrogens with zero attached hydrogens (tertiary/aromatic N) is 5. The number of alkyl halides is 1. The highest BCUT2D eigenvalue weighted by Crippen LogP contribution is 2.34. The van der Waals surface area contributed by atoms with E-state index < -0.39 is 18.2 Å². The Hall–Kier alpha value is -3.63. The summed E-state index contributed by atoms with van der Waals surface area (Å²) >= 11 is 0. The molecule has 0 spiro atoms. The van der Waals surface area contributed by atoms with Crippen LogP contribution in [0.1, 0.15) is 49.6 Å². The molecule has 5 rings (SSSR count). The maximum absolute atomic E-state index is 14.3. The van der Waals surface area contributed by atoms with Crippen molar-refractivity contribution in [2.75, 3.05) is 22.1 Å². The van der Waals surface area contributed by atoms with Crippen LogP contribution in [-0.4, -0.2) is 49.8 Å². The first-order valence-corrected chi connectivity index (χ1v) is 11.4. The van der Waals surface area contributed by atoms with Crippen molar-refractivity contribution in [1.82, 2.24) is 25.1 Å². The molecule has 1 saturated heterocycles. The van der Waals surface area contributed by atoms with E-state index in [1.165, 1.54) is 18.3 Å². The summed E-state index contributed by atoms with van der Waals surface area (Å²) in [6.07, 6.45) is 2.11. The Kier molecular flexibility index (Phi) is 5.84. The fraction of sp³-hybridized carbons (Fsp3) is 0.435. The molecule has 3 aromatic rings. The van der Waals surface area contributed by atoms with Crippen molar-refractivity contribution in [1.29, 1.82) is 0 Å². The van der Waals surface area contributed by atoms with Crippen LogP contribution < -0.4 is 15.5 Å². The van der Waals surface area contributed by atoms with Gasteiger partial charge >= 0.3 is 0 Å². The van der Waals surface area contributed by atoms with Crippen molar-refractivity contribution < 1.29 is 13.6 Å². The van der Waals surface area contributed by atoms with Crippen LogP contribution in [0.4, 0.5) is 32.1 Å². The number of aromatic nitrogens is 5. The van der Waals surface area contributed by atoms with Crippen LogP contribution in [-0.2, 0) is 17.6 Å². The maximum Gasteiger partial charge on any atom is 0.247 e. The van der Waals surface area contributed by atoms with Gasteiger partial charge in [-0.3, -0.25) is 9.89 Å². The average molecular weight is 469 g/mol. The standard InChI is InChI=1S/C23H26F2N8O/c1-12(2)16-10-20(32-31-16)29-21-15-8-13(24)9-17(15)28-23(30-21)33-7-3-4-18(33)22(34)27-14-5-6-19(25)26-11-14/h5-6,10-13,18H,3-4,7-9H2,1-2H3,(H,27,34)(H2,28,29,30,31,32)/t13-,18+/m1/s1. The van der Waals surface area contributed by atoms with Crippen molar-refractivity contribution >= 4 is 29.2 Å². The highest BCUT2D eigenvalue weighted by Gasteiger charge is 2.35. The lowest BCUT2D eigenvalue weighted by atomic mass is 10.1. The number of carbonyl (C=O) groups is 1. The second-order valence-electron chi connectivity index (χ2n) is 9.00. The zero-order valence-corrected chi connectivity index (χ0v) is 19.0. The van der Waals surface area contributed by atoms with E-state index in [2.05, 4.69) is 44.6 Å². The van der Waals surface area contributed by atoms with E-state index in [0.717, 1.165) is 17.7 Å². The second-order valence-corrected chi connectivity index (χ2v) is 9.00. The minimum atomic E-state index is -1.02. The molecule has 4 heterocycles. The molecule has 178 valence electrons. The number of pyridine rings is 1. The van der Waals surface area contributed by atoms with Gasteiger partial charge in [-0.05, 0) is 30.9 Å². The van der Waals surface area contributed by atoms with Crippen molar-refractivity contribution in [3.63, 3.8) is 0 Å². The fourth-order valence-corrected chi connectivity index (χ4v) is 4.41. The summed E-state index contributed by atoms with van der Waals surface area (Å²) < 4.78 is 27.4. The number of fused-ring (bicyclic) bond motifs is 1. The van der Waals surface area contributed by atoms with Crippen LogP contribution in [0.15, 0.2) is 24.4 Å². The van der Waals surface area contributed by atoms with E-state index in [1.807, 2.05) is 11.0 Å². The smallest absolute Gasteiger partial charge is 0.247 e. The Balaban J connectivity index is 1.42. The SMILES string of the molecule is CC(C)c1cc(Nc2nc(N3CCC[C@H]3C(=O)Nc3ccc(F)nc3)nc3c2C[C@@H](F)C3)n[nH]1. The number of H-pyrrole nitrogens is 1. The van der Waals surface area contributed by atoms with Crippen LogP contribution in [0.25, 0.3) is 0 Å². The molecule has 0 radical (unpaired) electrons. The van der Waals surface area contributed by atoms with Crippen LogP contribution in [0.2, 0.25) is 0 Å². The van der Waals surface area contributed by atoms with Gasteiger partial charge in [-0.25, -0.2) is 14.4 Å². The fourth-order valence-electron chi connectivity index (χ4n) is 4.41. The Labute approximate surface area is 195 Å². The highest BCUT2D eigenvalue weighted by atomic mass is 19.1. The van der Waals surface area contributed by atoms with Crippen LogP contribution >= 0.6 is 0 Å². The number of hydrogen-bond acceptors (Lipinski definition) is 7. The summed E-state index contributed by atoms with van der Waals surface area (Å²) in [5.74, 6) is 0.903. The summed E-state index contributed by atoms with van der Waals surface area (Å²) in [6.45, 7) is 4.72. The quantitative estimate of drug-likeness (QED) is 0.474. The number of halogens is 2. The van der Waals surface area contributed by atoms with Crippen LogP contribution in [0.5, 0.6) is 0 Å². The molecule has 9 nitrogen and oxygen atoms in total. The zero-order valence-electron chi connectivity index (χ0n) is 19.0. The van der Waals surface area contributed by atoms with Gasteiger partial charge in [-0.15, -0.1) is 0 Å². The van der Waals surface area contributed by atoms with Gasteiger partial charge in [0.2, 0.25) is 17.8 Å². The van der Waals surface area contributed by atoms with Gasteiger partial charge in [0.15, 0.2) is 5.82 Å². The second kappa shape index (κ2) is 8.96. The average Bonchev–Trinajstić information content (AvgIpc) is 3.54. The molecule has 11 heteroatoms. The number of anilines is 4. The molecule has 3 N–H and O–H groups in total. The van der Waals surface area contributed by atoms with E-state index in [-0.39, 0.29) is 24.7 Å². The van der Waals surface area contributed by atoms with Crippen molar-refractivity contribution in [3.8, 4) is 0 Å². The molecular formula is C23H26F2N8O. The van der Waals surface area contributed by atoms with Gasteiger partial charge in [0.25, 0.3) is 0 Å². The van der Waals surface area contributed by atoms with Gasteiger partial charge in [-0.1, -0.05) is 13.8 Å². The predicted octanol–water partition coefficient (Wildman–Crippen LogP) is 3.65. The molecule has 2 atom stereocenters. The highest BCUT2D eigenvalue weighted by molar-refractivity contribution is 5.96. The lowest BCUT2D eigenvalue weighted by Crippen LogP contribution is -2.40. The number of hydrogen-bond donors (Lipinski definition) is 3. The third-order valence-electron chi connectivity index (χ3n) is 6.19. The number of rotatable bonds is 6. The largest absolute Gasteiger partial charge is 0.329 e. The summed E-state index contributed by atoms with van der Waals surface area (Å²) in [7, 11) is 0. The number of amides is 1. The van der Waals surface area contributed by atoms with Gasteiger partial charge in [-0.2, -0.15) is 14.5 Å². The van der Waals surface area contributed by atoms with Gasteiger partial charge in [0, 0.05) is 36.7 Å². The number of aromatic amines is 1. The first-order valence-electron chi connectivity index (χ1n) is 11.4. The Morgan fingerprint density at radius 2 is 2.12 bits per heavy atom. The molecule has 1 aliphatic carbocycles.